The molecule has 13 heavy (non-hydrogen) atoms. The van der Waals surface area contributed by atoms with Crippen LogP contribution >= 0.6 is 27.5 Å². The lowest BCUT2D eigenvalue weighted by Crippen LogP contribution is -2.30. The minimum Gasteiger partial charge on any atom is -0.299 e. The summed E-state index contributed by atoms with van der Waals surface area (Å²) in [7, 11) is 0. The van der Waals surface area contributed by atoms with Crippen molar-refractivity contribution < 1.29 is 4.79 Å². The highest BCUT2D eigenvalue weighted by Gasteiger charge is 1.96. The Bertz CT molecular complexity index is 289. The van der Waals surface area contributed by atoms with E-state index in [2.05, 4.69) is 26.8 Å². The summed E-state index contributed by atoms with van der Waals surface area (Å²) >= 11 is 8.59. The molecule has 0 radical (unpaired) electrons. The molecule has 0 aliphatic heterocycles. The van der Waals surface area contributed by atoms with E-state index in [4.69, 9.17) is 11.6 Å². The number of hydrazine groups is 1. The Morgan fingerprint density at radius 1 is 1.38 bits per heavy atom. The van der Waals surface area contributed by atoms with Crippen molar-refractivity contribution in [3.63, 3.8) is 0 Å². The molecule has 0 aromatic heterocycles. The summed E-state index contributed by atoms with van der Waals surface area (Å²) in [6.07, 6.45) is 0. The molecule has 2 N–H and O–H groups in total. The molecule has 0 unspecified atom stereocenters. The molecule has 0 saturated heterocycles. The first-order valence-electron chi connectivity index (χ1n) is 3.59. The van der Waals surface area contributed by atoms with Crippen molar-refractivity contribution in [1.29, 1.82) is 0 Å². The lowest BCUT2D eigenvalue weighted by atomic mass is 10.3. The molecule has 3 nitrogen and oxygen atoms in total. The zero-order valence-electron chi connectivity index (χ0n) is 6.68. The fourth-order valence-corrected chi connectivity index (χ4v) is 1.04. The van der Waals surface area contributed by atoms with Gasteiger partial charge in [0.1, 0.15) is 5.88 Å². The summed E-state index contributed by atoms with van der Waals surface area (Å²) in [5, 5.41) is 0. The maximum absolute atomic E-state index is 10.7. The van der Waals surface area contributed by atoms with Crippen LogP contribution < -0.4 is 10.9 Å². The van der Waals surface area contributed by atoms with Crippen molar-refractivity contribution in [2.45, 2.75) is 0 Å². The molecule has 0 aliphatic rings. The van der Waals surface area contributed by atoms with E-state index in [1.165, 1.54) is 0 Å². The third kappa shape index (κ3) is 3.65. The Labute approximate surface area is 89.6 Å². The maximum atomic E-state index is 10.7. The van der Waals surface area contributed by atoms with Gasteiger partial charge in [-0.1, -0.05) is 15.9 Å². The molecule has 1 rings (SSSR count). The monoisotopic (exact) mass is 262 g/mol. The van der Waals surface area contributed by atoms with Crippen molar-refractivity contribution >= 4 is 39.1 Å². The van der Waals surface area contributed by atoms with Crippen LogP contribution in [0.1, 0.15) is 0 Å². The summed E-state index contributed by atoms with van der Waals surface area (Å²) in [5.74, 6) is -0.312. The number of hydrogen-bond acceptors (Lipinski definition) is 2. The van der Waals surface area contributed by atoms with Crippen LogP contribution in [0.4, 0.5) is 5.69 Å². The maximum Gasteiger partial charge on any atom is 0.253 e. The standard InChI is InChI=1S/C8H8BrClN2O/c9-6-1-3-7(4-2-6)11-12-8(13)5-10/h1-4,11H,5H2,(H,12,13). The van der Waals surface area contributed by atoms with Gasteiger partial charge in [-0.05, 0) is 24.3 Å². The van der Waals surface area contributed by atoms with E-state index in [9.17, 15) is 4.79 Å². The first-order chi connectivity index (χ1) is 6.22. The molecular formula is C8H8BrClN2O. The van der Waals surface area contributed by atoms with Crippen molar-refractivity contribution in [2.75, 3.05) is 11.3 Å². The van der Waals surface area contributed by atoms with Gasteiger partial charge in [0.2, 0.25) is 0 Å². The summed E-state index contributed by atoms with van der Waals surface area (Å²) in [6.45, 7) is 0. The molecule has 0 aliphatic carbocycles. The lowest BCUT2D eigenvalue weighted by molar-refractivity contribution is -0.118. The second-order valence-corrected chi connectivity index (χ2v) is 3.50. The van der Waals surface area contributed by atoms with E-state index < -0.39 is 0 Å². The van der Waals surface area contributed by atoms with Crippen molar-refractivity contribution in [3.8, 4) is 0 Å². The Morgan fingerprint density at radius 2 is 2.00 bits per heavy atom. The minimum atomic E-state index is -0.260. The van der Waals surface area contributed by atoms with Crippen molar-refractivity contribution in [3.05, 3.63) is 28.7 Å². The first kappa shape index (κ1) is 10.3. The highest BCUT2D eigenvalue weighted by Crippen LogP contribution is 2.12. The molecular weight excluding hydrogens is 255 g/mol. The van der Waals surface area contributed by atoms with Crippen LogP contribution in [0.15, 0.2) is 28.7 Å². The van der Waals surface area contributed by atoms with Gasteiger partial charge in [-0.3, -0.25) is 15.6 Å². The fourth-order valence-electron chi connectivity index (χ4n) is 0.709. The van der Waals surface area contributed by atoms with Gasteiger partial charge in [-0.2, -0.15) is 0 Å². The number of amides is 1. The van der Waals surface area contributed by atoms with Gasteiger partial charge < -0.3 is 0 Å². The number of alkyl halides is 1. The third-order valence-electron chi connectivity index (χ3n) is 1.31. The fraction of sp³-hybridized carbons (Fsp3) is 0.125. The number of hydrogen-bond donors (Lipinski definition) is 2. The molecule has 0 spiro atoms. The summed E-state index contributed by atoms with van der Waals surface area (Å²) in [6, 6.07) is 7.40. The van der Waals surface area contributed by atoms with E-state index in [0.717, 1.165) is 10.2 Å². The van der Waals surface area contributed by atoms with Crippen LogP contribution in [-0.4, -0.2) is 11.8 Å². The van der Waals surface area contributed by atoms with E-state index in [0.29, 0.717) is 0 Å². The van der Waals surface area contributed by atoms with Gasteiger partial charge in [0, 0.05) is 4.47 Å². The van der Waals surface area contributed by atoms with Crippen LogP contribution in [0.2, 0.25) is 0 Å². The van der Waals surface area contributed by atoms with Crippen LogP contribution in [0.25, 0.3) is 0 Å². The molecule has 0 atom stereocenters. The van der Waals surface area contributed by atoms with Crippen LogP contribution in [0, 0.1) is 0 Å². The number of rotatable bonds is 3. The predicted octanol–water partition coefficient (Wildman–Crippen LogP) is 2.13. The highest BCUT2D eigenvalue weighted by molar-refractivity contribution is 9.10. The van der Waals surface area contributed by atoms with E-state index in [1.54, 1.807) is 0 Å². The number of nitrogens with one attached hydrogen (secondary N) is 2. The highest BCUT2D eigenvalue weighted by atomic mass is 79.9. The second kappa shape index (κ2) is 5.09. The van der Waals surface area contributed by atoms with Gasteiger partial charge in [-0.25, -0.2) is 0 Å². The molecule has 0 heterocycles. The number of halogens is 2. The molecule has 0 bridgehead atoms. The van der Waals surface area contributed by atoms with Crippen LogP contribution in [0.5, 0.6) is 0 Å². The molecule has 5 heteroatoms. The van der Waals surface area contributed by atoms with Crippen LogP contribution in [0.3, 0.4) is 0 Å². The first-order valence-corrected chi connectivity index (χ1v) is 4.91. The molecule has 1 amide bonds. The lowest BCUT2D eigenvalue weighted by Gasteiger charge is -2.06. The van der Waals surface area contributed by atoms with Gasteiger partial charge in [-0.15, -0.1) is 11.6 Å². The largest absolute Gasteiger partial charge is 0.299 e. The van der Waals surface area contributed by atoms with Gasteiger partial charge in [0.15, 0.2) is 0 Å². The average Bonchev–Trinajstić information content (AvgIpc) is 2.16. The quantitative estimate of drug-likeness (QED) is 0.648. The Balaban J connectivity index is 2.46. The zero-order valence-corrected chi connectivity index (χ0v) is 9.02. The smallest absolute Gasteiger partial charge is 0.253 e. The topological polar surface area (TPSA) is 41.1 Å². The van der Waals surface area contributed by atoms with E-state index >= 15 is 0 Å². The summed E-state index contributed by atoms with van der Waals surface area (Å²) in [5.41, 5.74) is 5.96. The normalized spacial score (nSPS) is 9.38. The minimum absolute atomic E-state index is 0.0521. The average molecular weight is 264 g/mol. The molecule has 1 aromatic carbocycles. The SMILES string of the molecule is O=C(CCl)NNc1ccc(Br)cc1. The Morgan fingerprint density at radius 3 is 2.54 bits per heavy atom. The molecule has 70 valence electrons. The second-order valence-electron chi connectivity index (χ2n) is 2.31. The molecule has 0 fully saturated rings. The Kier molecular flexibility index (Phi) is 4.05. The number of carbonyl (C=O) groups is 1. The van der Waals surface area contributed by atoms with Crippen molar-refractivity contribution in [2.24, 2.45) is 0 Å². The summed E-state index contributed by atoms with van der Waals surface area (Å²) in [4.78, 5) is 10.7. The van der Waals surface area contributed by atoms with Crippen molar-refractivity contribution in [1.82, 2.24) is 5.43 Å². The van der Waals surface area contributed by atoms with E-state index in [-0.39, 0.29) is 11.8 Å². The Hall–Kier alpha value is -0.740. The predicted molar refractivity (Wildman–Crippen MR) is 56.6 cm³/mol. The molecule has 1 aromatic rings. The molecule has 0 saturated carbocycles. The van der Waals surface area contributed by atoms with Gasteiger partial charge >= 0.3 is 0 Å². The zero-order chi connectivity index (χ0) is 9.68. The summed E-state index contributed by atoms with van der Waals surface area (Å²) < 4.78 is 0.988. The van der Waals surface area contributed by atoms with Gasteiger partial charge in [0.25, 0.3) is 5.91 Å². The number of anilines is 1. The number of carbonyl (C=O) groups excluding carboxylic acids is 1. The van der Waals surface area contributed by atoms with E-state index in [1.807, 2.05) is 24.3 Å². The number of benzene rings is 1. The van der Waals surface area contributed by atoms with Crippen LogP contribution in [-0.2, 0) is 4.79 Å². The van der Waals surface area contributed by atoms with Gasteiger partial charge in [0.05, 0.1) is 5.69 Å². The third-order valence-corrected chi connectivity index (χ3v) is 2.08.